The number of carbonyl (C=O) groups excluding carboxylic acids is 1. The first kappa shape index (κ1) is 16.1. The van der Waals surface area contributed by atoms with Crippen LogP contribution in [-0.4, -0.2) is 30.6 Å². The summed E-state index contributed by atoms with van der Waals surface area (Å²) in [5, 5.41) is 0. The molecule has 0 aromatic heterocycles. The van der Waals surface area contributed by atoms with Gasteiger partial charge in [-0.25, -0.2) is 0 Å². The van der Waals surface area contributed by atoms with Crippen molar-refractivity contribution in [2.24, 2.45) is 0 Å². The first-order chi connectivity index (χ1) is 9.23. The standard InChI is InChI=1S/C14H16F3NO2/c1-10(2)13(19)18(9-14(15,16)17)8-11-5-4-6-12(7-11)20-3/h4-7H,1,8-9H2,2-3H3. The second kappa shape index (κ2) is 6.45. The second-order valence-electron chi connectivity index (χ2n) is 4.41. The Bertz CT molecular complexity index is 497. The Kier molecular flexibility index (Phi) is 5.19. The molecule has 110 valence electrons. The molecule has 0 spiro atoms. The lowest BCUT2D eigenvalue weighted by atomic mass is 10.2. The van der Waals surface area contributed by atoms with Gasteiger partial charge >= 0.3 is 6.18 Å². The molecule has 1 amide bonds. The van der Waals surface area contributed by atoms with E-state index in [0.717, 1.165) is 4.90 Å². The van der Waals surface area contributed by atoms with Gasteiger partial charge in [-0.15, -0.1) is 0 Å². The smallest absolute Gasteiger partial charge is 0.406 e. The van der Waals surface area contributed by atoms with Crippen molar-refractivity contribution in [3.8, 4) is 5.75 Å². The van der Waals surface area contributed by atoms with Crippen molar-refractivity contribution in [1.82, 2.24) is 4.90 Å². The van der Waals surface area contributed by atoms with Crippen LogP contribution in [-0.2, 0) is 11.3 Å². The second-order valence-corrected chi connectivity index (χ2v) is 4.41. The van der Waals surface area contributed by atoms with Gasteiger partial charge in [0, 0.05) is 12.1 Å². The molecule has 20 heavy (non-hydrogen) atoms. The summed E-state index contributed by atoms with van der Waals surface area (Å²) in [5.41, 5.74) is 0.625. The Morgan fingerprint density at radius 2 is 2.05 bits per heavy atom. The minimum atomic E-state index is -4.45. The fourth-order valence-electron chi connectivity index (χ4n) is 1.68. The highest BCUT2D eigenvalue weighted by atomic mass is 19.4. The highest BCUT2D eigenvalue weighted by Crippen LogP contribution is 2.21. The summed E-state index contributed by atoms with van der Waals surface area (Å²) in [6.45, 7) is 3.32. The van der Waals surface area contributed by atoms with E-state index in [2.05, 4.69) is 6.58 Å². The Morgan fingerprint density at radius 1 is 1.40 bits per heavy atom. The SMILES string of the molecule is C=C(C)C(=O)N(Cc1cccc(OC)c1)CC(F)(F)F. The molecule has 0 aliphatic carbocycles. The molecule has 0 saturated heterocycles. The maximum atomic E-state index is 12.5. The van der Waals surface area contributed by atoms with Crippen LogP contribution in [0.2, 0.25) is 0 Å². The lowest BCUT2D eigenvalue weighted by molar-refractivity contribution is -0.159. The number of ether oxygens (including phenoxy) is 1. The fourth-order valence-corrected chi connectivity index (χ4v) is 1.68. The van der Waals surface area contributed by atoms with Gasteiger partial charge in [0.1, 0.15) is 12.3 Å². The maximum absolute atomic E-state index is 12.5. The molecule has 1 aromatic carbocycles. The van der Waals surface area contributed by atoms with E-state index in [0.29, 0.717) is 11.3 Å². The summed E-state index contributed by atoms with van der Waals surface area (Å²) in [6, 6.07) is 6.57. The zero-order valence-corrected chi connectivity index (χ0v) is 11.3. The monoisotopic (exact) mass is 287 g/mol. The molecule has 0 aliphatic rings. The molecule has 0 heterocycles. The van der Waals surface area contributed by atoms with Gasteiger partial charge in [0.2, 0.25) is 5.91 Å². The normalized spacial score (nSPS) is 11.1. The van der Waals surface area contributed by atoms with E-state index in [9.17, 15) is 18.0 Å². The number of hydrogen-bond acceptors (Lipinski definition) is 2. The van der Waals surface area contributed by atoms with Gasteiger partial charge in [0.15, 0.2) is 0 Å². The number of carbonyl (C=O) groups is 1. The van der Waals surface area contributed by atoms with Crippen molar-refractivity contribution in [2.75, 3.05) is 13.7 Å². The van der Waals surface area contributed by atoms with E-state index in [4.69, 9.17) is 4.74 Å². The van der Waals surface area contributed by atoms with Gasteiger partial charge in [-0.1, -0.05) is 18.7 Å². The van der Waals surface area contributed by atoms with Gasteiger partial charge < -0.3 is 9.64 Å². The van der Waals surface area contributed by atoms with Gasteiger partial charge in [-0.05, 0) is 24.6 Å². The Labute approximate surface area is 115 Å². The molecular weight excluding hydrogens is 271 g/mol. The van der Waals surface area contributed by atoms with E-state index in [1.165, 1.54) is 14.0 Å². The first-order valence-electron chi connectivity index (χ1n) is 5.87. The third-order valence-electron chi connectivity index (χ3n) is 2.53. The van der Waals surface area contributed by atoms with E-state index >= 15 is 0 Å². The molecule has 1 aromatic rings. The third kappa shape index (κ3) is 4.95. The molecule has 6 heteroatoms. The van der Waals surface area contributed by atoms with Crippen LogP contribution < -0.4 is 4.74 Å². The van der Waals surface area contributed by atoms with Crippen molar-refractivity contribution in [3.05, 3.63) is 42.0 Å². The quantitative estimate of drug-likeness (QED) is 0.779. The summed E-state index contributed by atoms with van der Waals surface area (Å²) >= 11 is 0. The van der Waals surface area contributed by atoms with Gasteiger partial charge in [-0.2, -0.15) is 13.2 Å². The van der Waals surface area contributed by atoms with Crippen molar-refractivity contribution in [1.29, 1.82) is 0 Å². The van der Waals surface area contributed by atoms with Crippen molar-refractivity contribution in [2.45, 2.75) is 19.6 Å². The van der Waals surface area contributed by atoms with Crippen molar-refractivity contribution >= 4 is 5.91 Å². The molecule has 0 fully saturated rings. The van der Waals surface area contributed by atoms with Crippen molar-refractivity contribution in [3.63, 3.8) is 0 Å². The molecule has 0 bridgehead atoms. The molecular formula is C14H16F3NO2. The summed E-state index contributed by atoms with van der Waals surface area (Å²) in [7, 11) is 1.46. The van der Waals surface area contributed by atoms with Crippen LogP contribution in [0.25, 0.3) is 0 Å². The first-order valence-corrected chi connectivity index (χ1v) is 5.87. The number of methoxy groups -OCH3 is 1. The molecule has 0 aliphatic heterocycles. The average molecular weight is 287 g/mol. The molecule has 1 rings (SSSR count). The minimum Gasteiger partial charge on any atom is -0.497 e. The summed E-state index contributed by atoms with van der Waals surface area (Å²) in [6.07, 6.45) is -4.45. The van der Waals surface area contributed by atoms with Gasteiger partial charge in [-0.3, -0.25) is 4.79 Å². The zero-order chi connectivity index (χ0) is 15.3. The Morgan fingerprint density at radius 3 is 2.55 bits per heavy atom. The van der Waals surface area contributed by atoms with Crippen LogP contribution in [0, 0.1) is 0 Å². The molecule has 3 nitrogen and oxygen atoms in total. The molecule has 0 radical (unpaired) electrons. The third-order valence-corrected chi connectivity index (χ3v) is 2.53. The summed E-state index contributed by atoms with van der Waals surface area (Å²) < 4.78 is 42.6. The summed E-state index contributed by atoms with van der Waals surface area (Å²) in [4.78, 5) is 12.5. The predicted molar refractivity (Wildman–Crippen MR) is 69.3 cm³/mol. The Balaban J connectivity index is 2.93. The number of amides is 1. The van der Waals surface area contributed by atoms with Crippen LogP contribution in [0.1, 0.15) is 12.5 Å². The van der Waals surface area contributed by atoms with Crippen LogP contribution in [0.3, 0.4) is 0 Å². The van der Waals surface area contributed by atoms with Crippen LogP contribution in [0.15, 0.2) is 36.4 Å². The number of nitrogens with zero attached hydrogens (tertiary/aromatic N) is 1. The minimum absolute atomic E-state index is 0.0668. The molecule has 0 N–H and O–H groups in total. The number of rotatable bonds is 5. The number of hydrogen-bond donors (Lipinski definition) is 0. The zero-order valence-electron chi connectivity index (χ0n) is 11.3. The van der Waals surface area contributed by atoms with E-state index in [1.54, 1.807) is 24.3 Å². The maximum Gasteiger partial charge on any atom is 0.406 e. The lowest BCUT2D eigenvalue weighted by Crippen LogP contribution is -2.38. The summed E-state index contributed by atoms with van der Waals surface area (Å²) in [5.74, 6) is -0.192. The highest BCUT2D eigenvalue weighted by molar-refractivity contribution is 5.92. The van der Waals surface area contributed by atoms with Crippen molar-refractivity contribution < 1.29 is 22.7 Å². The van der Waals surface area contributed by atoms with Gasteiger partial charge in [0.25, 0.3) is 0 Å². The molecule has 0 unspecified atom stereocenters. The predicted octanol–water partition coefficient (Wildman–Crippen LogP) is 3.16. The van der Waals surface area contributed by atoms with E-state index < -0.39 is 18.6 Å². The molecule has 0 atom stereocenters. The topological polar surface area (TPSA) is 29.5 Å². The van der Waals surface area contributed by atoms with Crippen LogP contribution in [0.4, 0.5) is 13.2 Å². The number of benzene rings is 1. The highest BCUT2D eigenvalue weighted by Gasteiger charge is 2.33. The fraction of sp³-hybridized carbons (Fsp3) is 0.357. The van der Waals surface area contributed by atoms with Gasteiger partial charge in [0.05, 0.1) is 7.11 Å². The number of halogens is 3. The Hall–Kier alpha value is -1.98. The van der Waals surface area contributed by atoms with Crippen LogP contribution >= 0.6 is 0 Å². The molecule has 0 saturated carbocycles. The largest absolute Gasteiger partial charge is 0.497 e. The van der Waals surface area contributed by atoms with E-state index in [-0.39, 0.29) is 12.1 Å². The average Bonchev–Trinajstić information content (AvgIpc) is 2.35. The number of alkyl halides is 3. The van der Waals surface area contributed by atoms with E-state index in [1.807, 2.05) is 0 Å². The van der Waals surface area contributed by atoms with Crippen LogP contribution in [0.5, 0.6) is 5.75 Å². The lowest BCUT2D eigenvalue weighted by Gasteiger charge is -2.24.